The van der Waals surface area contributed by atoms with E-state index in [1.807, 2.05) is 43.1 Å². The van der Waals surface area contributed by atoms with Crippen LogP contribution in [0.25, 0.3) is 10.9 Å². The highest BCUT2D eigenvalue weighted by Crippen LogP contribution is 2.29. The largest absolute Gasteiger partial charge is 0.496 e. The summed E-state index contributed by atoms with van der Waals surface area (Å²) in [5.41, 5.74) is 1.54. The quantitative estimate of drug-likeness (QED) is 0.903. The van der Waals surface area contributed by atoms with Gasteiger partial charge in [-0.05, 0) is 31.5 Å². The topological polar surface area (TPSA) is 63.8 Å². The van der Waals surface area contributed by atoms with Crippen molar-refractivity contribution < 1.29 is 19.0 Å². The smallest absolute Gasteiger partial charge is 0.227 e. The molecule has 6 nitrogen and oxygen atoms in total. The van der Waals surface area contributed by atoms with E-state index < -0.39 is 0 Å². The van der Waals surface area contributed by atoms with Crippen LogP contribution in [0, 0.1) is 0 Å². The third kappa shape index (κ3) is 3.80. The number of aromatic amines is 1. The summed E-state index contributed by atoms with van der Waals surface area (Å²) in [6.45, 7) is 5.61. The van der Waals surface area contributed by atoms with Gasteiger partial charge in [0.2, 0.25) is 5.91 Å². The maximum absolute atomic E-state index is 12.9. The number of nitrogens with one attached hydrogen (secondary N) is 1. The van der Waals surface area contributed by atoms with Crippen LogP contribution in [-0.2, 0) is 20.7 Å². The van der Waals surface area contributed by atoms with Gasteiger partial charge in [0.15, 0.2) is 0 Å². The Morgan fingerprint density at radius 1 is 1.40 bits per heavy atom. The first-order valence-corrected chi connectivity index (χ1v) is 8.51. The van der Waals surface area contributed by atoms with E-state index in [-0.39, 0.29) is 17.6 Å². The maximum atomic E-state index is 12.9. The highest BCUT2D eigenvalue weighted by atomic mass is 16.5. The minimum absolute atomic E-state index is 0.0873. The molecule has 1 amide bonds. The lowest BCUT2D eigenvalue weighted by Gasteiger charge is -2.42. The molecule has 0 saturated carbocycles. The van der Waals surface area contributed by atoms with Crippen molar-refractivity contribution in [1.82, 2.24) is 9.88 Å². The van der Waals surface area contributed by atoms with Crippen LogP contribution in [0.5, 0.6) is 5.75 Å². The first kappa shape index (κ1) is 17.8. The lowest BCUT2D eigenvalue weighted by molar-refractivity contribution is -0.168. The van der Waals surface area contributed by atoms with E-state index >= 15 is 0 Å². The molecule has 0 unspecified atom stereocenters. The van der Waals surface area contributed by atoms with Crippen molar-refractivity contribution in [2.75, 3.05) is 33.9 Å². The lowest BCUT2D eigenvalue weighted by Crippen LogP contribution is -2.56. The van der Waals surface area contributed by atoms with Gasteiger partial charge in [-0.1, -0.05) is 6.07 Å². The van der Waals surface area contributed by atoms with Crippen molar-refractivity contribution >= 4 is 16.8 Å². The Morgan fingerprint density at radius 2 is 2.20 bits per heavy atom. The predicted octanol–water partition coefficient (Wildman–Crippen LogP) is 2.37. The zero-order valence-electron chi connectivity index (χ0n) is 15.3. The minimum Gasteiger partial charge on any atom is -0.496 e. The van der Waals surface area contributed by atoms with Crippen molar-refractivity contribution in [2.24, 2.45) is 0 Å². The fourth-order valence-corrected chi connectivity index (χ4v) is 3.56. The number of hydrogen-bond acceptors (Lipinski definition) is 4. The molecule has 1 aliphatic rings. The molecule has 2 heterocycles. The average Bonchev–Trinajstić information content (AvgIpc) is 2.97. The molecule has 0 aliphatic carbocycles. The van der Waals surface area contributed by atoms with Gasteiger partial charge in [0.25, 0.3) is 0 Å². The first-order valence-electron chi connectivity index (χ1n) is 8.51. The summed E-state index contributed by atoms with van der Waals surface area (Å²) < 4.78 is 16.7. The standard InChI is InChI=1S/C19H26N2O4/c1-19(2)12-21(10-14(25-19)11-23-3)17(22)8-13-9-20-15-6-5-7-16(24-4)18(13)15/h5-7,9,14,20H,8,10-12H2,1-4H3/t14-/m0/s1. The Bertz CT molecular complexity index is 753. The Kier molecular flexibility index (Phi) is 5.01. The van der Waals surface area contributed by atoms with Crippen molar-refractivity contribution in [3.8, 4) is 5.75 Å². The van der Waals surface area contributed by atoms with Gasteiger partial charge < -0.3 is 24.1 Å². The molecule has 1 aromatic heterocycles. The highest BCUT2D eigenvalue weighted by molar-refractivity contribution is 5.93. The molecule has 0 radical (unpaired) electrons. The number of nitrogens with zero attached hydrogens (tertiary/aromatic N) is 1. The van der Waals surface area contributed by atoms with Gasteiger partial charge in [0, 0.05) is 37.3 Å². The van der Waals surface area contributed by atoms with E-state index in [0.717, 1.165) is 22.2 Å². The molecule has 1 fully saturated rings. The summed E-state index contributed by atoms with van der Waals surface area (Å²) in [5.74, 6) is 0.866. The van der Waals surface area contributed by atoms with E-state index in [1.54, 1.807) is 14.2 Å². The average molecular weight is 346 g/mol. The molecule has 0 spiro atoms. The number of carbonyl (C=O) groups excluding carboxylic acids is 1. The molecule has 136 valence electrons. The SMILES string of the molecule is COC[C@@H]1CN(C(=O)Cc2c[nH]c3cccc(OC)c23)CC(C)(C)O1. The van der Waals surface area contributed by atoms with Crippen molar-refractivity contribution in [2.45, 2.75) is 32.0 Å². The van der Waals surface area contributed by atoms with Gasteiger partial charge in [0.1, 0.15) is 5.75 Å². The molecule has 1 N–H and O–H groups in total. The fourth-order valence-electron chi connectivity index (χ4n) is 3.56. The number of hydrogen-bond donors (Lipinski definition) is 1. The lowest BCUT2D eigenvalue weighted by atomic mass is 10.0. The molecule has 1 aromatic carbocycles. The monoisotopic (exact) mass is 346 g/mol. The van der Waals surface area contributed by atoms with Crippen LogP contribution >= 0.6 is 0 Å². The van der Waals surface area contributed by atoms with E-state index in [9.17, 15) is 4.79 Å². The minimum atomic E-state index is -0.380. The van der Waals surface area contributed by atoms with Crippen LogP contribution in [0.3, 0.4) is 0 Å². The van der Waals surface area contributed by atoms with E-state index in [4.69, 9.17) is 14.2 Å². The van der Waals surface area contributed by atoms with Gasteiger partial charge in [-0.15, -0.1) is 0 Å². The summed E-state index contributed by atoms with van der Waals surface area (Å²) in [6, 6.07) is 5.83. The Labute approximate surface area is 148 Å². The molecule has 6 heteroatoms. The van der Waals surface area contributed by atoms with Crippen molar-refractivity contribution in [3.05, 3.63) is 30.0 Å². The number of carbonyl (C=O) groups is 1. The summed E-state index contributed by atoms with van der Waals surface area (Å²) in [4.78, 5) is 18.0. The van der Waals surface area contributed by atoms with Crippen LogP contribution in [0.2, 0.25) is 0 Å². The third-order valence-electron chi connectivity index (χ3n) is 4.50. The molecule has 2 aromatic rings. The van der Waals surface area contributed by atoms with Crippen LogP contribution in [0.4, 0.5) is 0 Å². The number of ether oxygens (including phenoxy) is 3. The summed E-state index contributed by atoms with van der Waals surface area (Å²) in [5, 5.41) is 0.972. The van der Waals surface area contributed by atoms with Gasteiger partial charge in [-0.3, -0.25) is 4.79 Å². The maximum Gasteiger partial charge on any atom is 0.227 e. The third-order valence-corrected chi connectivity index (χ3v) is 4.50. The van der Waals surface area contributed by atoms with E-state index in [0.29, 0.717) is 26.1 Å². The van der Waals surface area contributed by atoms with E-state index in [1.165, 1.54) is 0 Å². The molecular weight excluding hydrogens is 320 g/mol. The summed E-state index contributed by atoms with van der Waals surface area (Å²) in [7, 11) is 3.29. The number of morpholine rings is 1. The van der Waals surface area contributed by atoms with E-state index in [2.05, 4.69) is 4.98 Å². The summed E-state index contributed by atoms with van der Waals surface area (Å²) >= 11 is 0. The molecule has 1 saturated heterocycles. The van der Waals surface area contributed by atoms with Crippen molar-refractivity contribution in [1.29, 1.82) is 0 Å². The highest BCUT2D eigenvalue weighted by Gasteiger charge is 2.35. The fraction of sp³-hybridized carbons (Fsp3) is 0.526. The first-order chi connectivity index (χ1) is 11.9. The van der Waals surface area contributed by atoms with Gasteiger partial charge >= 0.3 is 0 Å². The Balaban J connectivity index is 1.80. The second-order valence-corrected chi connectivity index (χ2v) is 7.10. The van der Waals surface area contributed by atoms with Crippen molar-refractivity contribution in [3.63, 3.8) is 0 Å². The van der Waals surface area contributed by atoms with Crippen LogP contribution in [-0.4, -0.2) is 61.4 Å². The number of H-pyrrole nitrogens is 1. The van der Waals surface area contributed by atoms with Crippen LogP contribution < -0.4 is 4.74 Å². The number of aromatic nitrogens is 1. The van der Waals surface area contributed by atoms with Gasteiger partial charge in [0.05, 0.1) is 31.8 Å². The molecule has 25 heavy (non-hydrogen) atoms. The molecule has 1 atom stereocenters. The second-order valence-electron chi connectivity index (χ2n) is 7.10. The number of rotatable bonds is 5. The number of amides is 1. The zero-order chi connectivity index (χ0) is 18.0. The zero-order valence-corrected chi connectivity index (χ0v) is 15.3. The second kappa shape index (κ2) is 7.06. The molecule has 0 bridgehead atoms. The number of benzene rings is 1. The Morgan fingerprint density at radius 3 is 2.92 bits per heavy atom. The summed E-state index contributed by atoms with van der Waals surface area (Å²) in [6.07, 6.45) is 2.12. The van der Waals surface area contributed by atoms with Gasteiger partial charge in [-0.25, -0.2) is 0 Å². The van der Waals surface area contributed by atoms with Crippen LogP contribution in [0.15, 0.2) is 24.4 Å². The number of fused-ring (bicyclic) bond motifs is 1. The molecule has 3 rings (SSSR count). The molecule has 1 aliphatic heterocycles. The molecular formula is C19H26N2O4. The number of methoxy groups -OCH3 is 2. The normalized spacial score (nSPS) is 20.0. The Hall–Kier alpha value is -2.05. The predicted molar refractivity (Wildman–Crippen MR) is 96.0 cm³/mol. The van der Waals surface area contributed by atoms with Crippen LogP contribution in [0.1, 0.15) is 19.4 Å². The van der Waals surface area contributed by atoms with Gasteiger partial charge in [-0.2, -0.15) is 0 Å².